The quantitative estimate of drug-likeness (QED) is 0.717. The van der Waals surface area contributed by atoms with Gasteiger partial charge in [-0.3, -0.25) is 4.79 Å². The third kappa shape index (κ3) is 2.37. The molecule has 0 bridgehead atoms. The molecule has 1 amide bonds. The molecule has 0 aromatic rings. The Morgan fingerprint density at radius 1 is 1.21 bits per heavy atom. The molecule has 1 fully saturated rings. The van der Waals surface area contributed by atoms with E-state index in [9.17, 15) is 4.79 Å². The van der Waals surface area contributed by atoms with Gasteiger partial charge in [0.25, 0.3) is 0 Å². The van der Waals surface area contributed by atoms with E-state index in [-0.39, 0.29) is 5.91 Å². The summed E-state index contributed by atoms with van der Waals surface area (Å²) >= 11 is 0. The zero-order chi connectivity index (χ0) is 9.80. The summed E-state index contributed by atoms with van der Waals surface area (Å²) in [5, 5.41) is 3.15. The predicted molar refractivity (Wildman–Crippen MR) is 56.9 cm³/mol. The van der Waals surface area contributed by atoms with Gasteiger partial charge in [-0.25, -0.2) is 0 Å². The van der Waals surface area contributed by atoms with Crippen molar-refractivity contribution < 1.29 is 4.79 Å². The summed E-state index contributed by atoms with van der Waals surface area (Å²) in [5.41, 5.74) is 1.02. The van der Waals surface area contributed by atoms with E-state index in [4.69, 9.17) is 0 Å². The van der Waals surface area contributed by atoms with Gasteiger partial charge in [-0.15, -0.1) is 0 Å². The summed E-state index contributed by atoms with van der Waals surface area (Å²) in [7, 11) is 0. The van der Waals surface area contributed by atoms with Gasteiger partial charge in [0.05, 0.1) is 0 Å². The second-order valence-corrected chi connectivity index (χ2v) is 4.43. The van der Waals surface area contributed by atoms with Gasteiger partial charge in [-0.2, -0.15) is 0 Å². The van der Waals surface area contributed by atoms with E-state index in [1.165, 1.54) is 32.1 Å². The molecule has 0 aromatic carbocycles. The number of carbonyl (C=O) groups is 1. The SMILES string of the molecule is O=C(NC1CCCCC1)C1=CCCC1. The van der Waals surface area contributed by atoms with Crippen molar-refractivity contribution in [2.24, 2.45) is 0 Å². The number of nitrogens with one attached hydrogen (secondary N) is 1. The fourth-order valence-electron chi connectivity index (χ4n) is 2.40. The Kier molecular flexibility index (Phi) is 3.22. The Morgan fingerprint density at radius 2 is 2.00 bits per heavy atom. The summed E-state index contributed by atoms with van der Waals surface area (Å²) in [5.74, 6) is 0.203. The van der Waals surface area contributed by atoms with Gasteiger partial charge in [-0.05, 0) is 32.1 Å². The highest BCUT2D eigenvalue weighted by Crippen LogP contribution is 2.20. The molecule has 0 aromatic heterocycles. The van der Waals surface area contributed by atoms with E-state index in [1.54, 1.807) is 0 Å². The number of rotatable bonds is 2. The second-order valence-electron chi connectivity index (χ2n) is 4.43. The molecule has 0 heterocycles. The molecule has 14 heavy (non-hydrogen) atoms. The topological polar surface area (TPSA) is 29.1 Å². The van der Waals surface area contributed by atoms with Crippen LogP contribution < -0.4 is 5.32 Å². The van der Waals surface area contributed by atoms with E-state index >= 15 is 0 Å². The Labute approximate surface area is 85.8 Å². The van der Waals surface area contributed by atoms with Crippen LogP contribution in [0.4, 0.5) is 0 Å². The molecular formula is C12H19NO. The average Bonchev–Trinajstić information content (AvgIpc) is 2.72. The monoisotopic (exact) mass is 193 g/mol. The third-order valence-corrected chi connectivity index (χ3v) is 3.27. The van der Waals surface area contributed by atoms with Crippen molar-refractivity contribution in [3.05, 3.63) is 11.6 Å². The molecule has 0 spiro atoms. The van der Waals surface area contributed by atoms with Gasteiger partial charge in [0.1, 0.15) is 0 Å². The van der Waals surface area contributed by atoms with Crippen LogP contribution in [0.1, 0.15) is 51.4 Å². The van der Waals surface area contributed by atoms with Crippen LogP contribution >= 0.6 is 0 Å². The fourth-order valence-corrected chi connectivity index (χ4v) is 2.40. The maximum Gasteiger partial charge on any atom is 0.247 e. The van der Waals surface area contributed by atoms with E-state index in [0.29, 0.717) is 6.04 Å². The first-order chi connectivity index (χ1) is 6.86. The van der Waals surface area contributed by atoms with Crippen molar-refractivity contribution >= 4 is 5.91 Å². The molecule has 0 aliphatic heterocycles. The maximum absolute atomic E-state index is 11.7. The van der Waals surface area contributed by atoms with Crippen LogP contribution in [-0.4, -0.2) is 11.9 Å². The highest BCUT2D eigenvalue weighted by molar-refractivity contribution is 5.93. The lowest BCUT2D eigenvalue weighted by Crippen LogP contribution is -2.36. The Bertz CT molecular complexity index is 239. The Morgan fingerprint density at radius 3 is 2.64 bits per heavy atom. The molecule has 1 N–H and O–H groups in total. The van der Waals surface area contributed by atoms with E-state index in [2.05, 4.69) is 11.4 Å². The average molecular weight is 193 g/mol. The lowest BCUT2D eigenvalue weighted by Gasteiger charge is -2.22. The van der Waals surface area contributed by atoms with Gasteiger partial charge in [0.2, 0.25) is 5.91 Å². The minimum Gasteiger partial charge on any atom is -0.350 e. The second kappa shape index (κ2) is 4.63. The van der Waals surface area contributed by atoms with Crippen molar-refractivity contribution in [1.29, 1.82) is 0 Å². The minimum atomic E-state index is 0.203. The van der Waals surface area contributed by atoms with Gasteiger partial charge in [0, 0.05) is 11.6 Å². The molecule has 2 heteroatoms. The molecule has 1 saturated carbocycles. The number of hydrogen-bond acceptors (Lipinski definition) is 1. The molecule has 0 radical (unpaired) electrons. The normalized spacial score (nSPS) is 23.3. The molecule has 0 saturated heterocycles. The first kappa shape index (κ1) is 9.75. The fraction of sp³-hybridized carbons (Fsp3) is 0.750. The van der Waals surface area contributed by atoms with Crippen LogP contribution in [0, 0.1) is 0 Å². The van der Waals surface area contributed by atoms with E-state index < -0.39 is 0 Å². The van der Waals surface area contributed by atoms with Crippen LogP contribution in [0.5, 0.6) is 0 Å². The molecular weight excluding hydrogens is 174 g/mol. The zero-order valence-electron chi connectivity index (χ0n) is 8.72. The summed E-state index contributed by atoms with van der Waals surface area (Å²) in [6.07, 6.45) is 11.6. The van der Waals surface area contributed by atoms with E-state index in [1.807, 2.05) is 0 Å². The van der Waals surface area contributed by atoms with E-state index in [0.717, 1.165) is 24.8 Å². The van der Waals surface area contributed by atoms with Crippen molar-refractivity contribution in [2.45, 2.75) is 57.4 Å². The lowest BCUT2D eigenvalue weighted by atomic mass is 9.95. The standard InChI is InChI=1S/C12H19NO/c14-12(10-6-4-5-7-10)13-11-8-2-1-3-9-11/h6,11H,1-5,7-9H2,(H,13,14). The summed E-state index contributed by atoms with van der Waals surface area (Å²) < 4.78 is 0. The number of hydrogen-bond donors (Lipinski definition) is 1. The van der Waals surface area contributed by atoms with Crippen LogP contribution in [0.3, 0.4) is 0 Å². The highest BCUT2D eigenvalue weighted by atomic mass is 16.1. The number of carbonyl (C=O) groups excluding carboxylic acids is 1. The van der Waals surface area contributed by atoms with Crippen molar-refractivity contribution in [2.75, 3.05) is 0 Å². The zero-order valence-corrected chi connectivity index (χ0v) is 8.72. The van der Waals surface area contributed by atoms with Crippen LogP contribution in [0.15, 0.2) is 11.6 Å². The minimum absolute atomic E-state index is 0.203. The lowest BCUT2D eigenvalue weighted by molar-refractivity contribution is -0.118. The van der Waals surface area contributed by atoms with Crippen LogP contribution in [0.25, 0.3) is 0 Å². The largest absolute Gasteiger partial charge is 0.350 e. The molecule has 0 unspecified atom stereocenters. The molecule has 0 atom stereocenters. The smallest absolute Gasteiger partial charge is 0.247 e. The van der Waals surface area contributed by atoms with Crippen LogP contribution in [0.2, 0.25) is 0 Å². The number of allylic oxidation sites excluding steroid dienone is 1. The Balaban J connectivity index is 1.81. The van der Waals surface area contributed by atoms with Crippen molar-refractivity contribution in [3.63, 3.8) is 0 Å². The molecule has 2 aliphatic carbocycles. The van der Waals surface area contributed by atoms with Crippen LogP contribution in [-0.2, 0) is 4.79 Å². The predicted octanol–water partition coefficient (Wildman–Crippen LogP) is 2.55. The molecule has 2 aliphatic rings. The van der Waals surface area contributed by atoms with Gasteiger partial charge < -0.3 is 5.32 Å². The highest BCUT2D eigenvalue weighted by Gasteiger charge is 2.18. The van der Waals surface area contributed by atoms with Gasteiger partial charge >= 0.3 is 0 Å². The first-order valence-electron chi connectivity index (χ1n) is 5.86. The van der Waals surface area contributed by atoms with Gasteiger partial charge in [0.15, 0.2) is 0 Å². The molecule has 2 rings (SSSR count). The Hall–Kier alpha value is -0.790. The first-order valence-corrected chi connectivity index (χ1v) is 5.86. The van der Waals surface area contributed by atoms with Crippen molar-refractivity contribution in [1.82, 2.24) is 5.32 Å². The maximum atomic E-state index is 11.7. The van der Waals surface area contributed by atoms with Gasteiger partial charge in [-0.1, -0.05) is 25.3 Å². The molecule has 78 valence electrons. The summed E-state index contributed by atoms with van der Waals surface area (Å²) in [6.45, 7) is 0. The third-order valence-electron chi connectivity index (χ3n) is 3.27. The molecule has 2 nitrogen and oxygen atoms in total. The number of amides is 1. The summed E-state index contributed by atoms with van der Waals surface area (Å²) in [4.78, 5) is 11.7. The van der Waals surface area contributed by atoms with Crippen molar-refractivity contribution in [3.8, 4) is 0 Å². The summed E-state index contributed by atoms with van der Waals surface area (Å²) in [6, 6.07) is 0.456.